The summed E-state index contributed by atoms with van der Waals surface area (Å²) in [5, 5.41) is 10.4. The van der Waals surface area contributed by atoms with Crippen LogP contribution in [0, 0.1) is 5.82 Å². The molecule has 0 atom stereocenters. The topological polar surface area (TPSA) is 81.7 Å². The molecule has 2 aromatic rings. The third-order valence-electron chi connectivity index (χ3n) is 4.55. The monoisotopic (exact) mass is 395 g/mol. The number of hydroxylamine groups is 1. The van der Waals surface area contributed by atoms with Crippen LogP contribution in [-0.2, 0) is 9.59 Å². The van der Waals surface area contributed by atoms with E-state index in [1.165, 1.54) is 23.7 Å². The molecule has 1 aliphatic rings. The third-order valence-corrected chi connectivity index (χ3v) is 4.55. The van der Waals surface area contributed by atoms with Crippen LogP contribution in [0.5, 0.6) is 0 Å². The number of nitrogens with zero attached hydrogens (tertiary/aromatic N) is 1. The van der Waals surface area contributed by atoms with Gasteiger partial charge in [0.1, 0.15) is 5.82 Å². The van der Waals surface area contributed by atoms with Gasteiger partial charge in [-0.3, -0.25) is 20.2 Å². The molecule has 0 bridgehead atoms. The van der Waals surface area contributed by atoms with Crippen molar-refractivity contribution in [1.29, 1.82) is 0 Å². The number of hydrogen-bond donors (Lipinski definition) is 3. The van der Waals surface area contributed by atoms with Gasteiger partial charge < -0.3 is 0 Å². The highest BCUT2D eigenvalue weighted by molar-refractivity contribution is 6.24. The lowest BCUT2D eigenvalue weighted by Crippen LogP contribution is -2.40. The summed E-state index contributed by atoms with van der Waals surface area (Å²) in [4.78, 5) is 23.9. The van der Waals surface area contributed by atoms with E-state index in [4.69, 9.17) is 5.21 Å². The van der Waals surface area contributed by atoms with Gasteiger partial charge in [0, 0.05) is 24.7 Å². The summed E-state index contributed by atoms with van der Waals surface area (Å²) in [5.41, 5.74) is 7.03. The summed E-state index contributed by atoms with van der Waals surface area (Å²) >= 11 is 0. The second-order valence-corrected chi connectivity index (χ2v) is 6.68. The summed E-state index contributed by atoms with van der Waals surface area (Å²) in [5.74, 6) is -1.23. The summed E-state index contributed by atoms with van der Waals surface area (Å²) in [6.07, 6.45) is 6.59. The highest BCUT2D eigenvalue weighted by Gasteiger charge is 2.18. The van der Waals surface area contributed by atoms with Gasteiger partial charge in [-0.1, -0.05) is 36.4 Å². The minimum atomic E-state index is -0.619. The van der Waals surface area contributed by atoms with E-state index in [-0.39, 0.29) is 11.7 Å². The van der Waals surface area contributed by atoms with Crippen LogP contribution in [0.1, 0.15) is 29.5 Å². The van der Waals surface area contributed by atoms with Gasteiger partial charge in [0.25, 0.3) is 11.8 Å². The Labute approximate surface area is 168 Å². The largest absolute Gasteiger partial charge is 0.288 e. The van der Waals surface area contributed by atoms with E-state index in [2.05, 4.69) is 5.43 Å². The van der Waals surface area contributed by atoms with Crippen LogP contribution in [0.25, 0.3) is 17.7 Å². The maximum Gasteiger partial charge on any atom is 0.267 e. The first-order valence-electron chi connectivity index (χ1n) is 9.31. The Morgan fingerprint density at radius 2 is 1.59 bits per heavy atom. The van der Waals surface area contributed by atoms with Crippen LogP contribution < -0.4 is 10.9 Å². The Kier molecular flexibility index (Phi) is 6.89. The Bertz CT molecular complexity index is 915. The van der Waals surface area contributed by atoms with E-state index < -0.39 is 5.91 Å². The Hall–Kier alpha value is -3.29. The molecule has 0 aromatic heterocycles. The Morgan fingerprint density at radius 3 is 2.21 bits per heavy atom. The van der Waals surface area contributed by atoms with Crippen molar-refractivity contribution in [2.45, 2.75) is 12.8 Å². The molecule has 0 unspecified atom stereocenters. The van der Waals surface area contributed by atoms with Crippen LogP contribution in [0.4, 0.5) is 4.39 Å². The molecule has 3 rings (SSSR count). The van der Waals surface area contributed by atoms with E-state index in [9.17, 15) is 14.0 Å². The number of hydrazine groups is 1. The lowest BCUT2D eigenvalue weighted by atomic mass is 10.0. The van der Waals surface area contributed by atoms with Crippen LogP contribution in [-0.4, -0.2) is 35.1 Å². The van der Waals surface area contributed by atoms with E-state index in [1.807, 2.05) is 17.1 Å². The third kappa shape index (κ3) is 5.84. The normalized spacial score (nSPS) is 14.9. The summed E-state index contributed by atoms with van der Waals surface area (Å²) < 4.78 is 13.3. The second-order valence-electron chi connectivity index (χ2n) is 6.68. The summed E-state index contributed by atoms with van der Waals surface area (Å²) in [6, 6.07) is 13.0. The number of carbonyl (C=O) groups excluding carboxylic acids is 2. The molecule has 7 heteroatoms. The zero-order valence-corrected chi connectivity index (χ0v) is 15.8. The Balaban J connectivity index is 1.85. The van der Waals surface area contributed by atoms with Gasteiger partial charge in [-0.15, -0.1) is 0 Å². The van der Waals surface area contributed by atoms with Crippen LogP contribution in [0.15, 0.2) is 54.6 Å². The predicted molar refractivity (Wildman–Crippen MR) is 109 cm³/mol. The Morgan fingerprint density at radius 1 is 0.966 bits per heavy atom. The molecule has 2 aromatic carbocycles. The quantitative estimate of drug-likeness (QED) is 0.304. The fourth-order valence-electron chi connectivity index (χ4n) is 3.02. The lowest BCUT2D eigenvalue weighted by Gasteiger charge is -2.18. The zero-order valence-electron chi connectivity index (χ0n) is 15.8. The number of rotatable bonds is 6. The molecule has 1 fully saturated rings. The molecule has 1 aliphatic heterocycles. The highest BCUT2D eigenvalue weighted by Crippen LogP contribution is 2.20. The number of amides is 2. The molecule has 0 aliphatic carbocycles. The molecule has 0 radical (unpaired) electrons. The smallest absolute Gasteiger partial charge is 0.267 e. The first kappa shape index (κ1) is 20.4. The van der Waals surface area contributed by atoms with E-state index in [0.717, 1.165) is 37.1 Å². The molecular weight excluding hydrogens is 373 g/mol. The van der Waals surface area contributed by atoms with Crippen molar-refractivity contribution in [3.63, 3.8) is 0 Å². The molecule has 0 spiro atoms. The van der Waals surface area contributed by atoms with Crippen LogP contribution in [0.3, 0.4) is 0 Å². The van der Waals surface area contributed by atoms with Gasteiger partial charge in [-0.25, -0.2) is 14.9 Å². The summed E-state index contributed by atoms with van der Waals surface area (Å²) in [6.45, 7) is 1.62. The molecule has 1 saturated heterocycles. The molecule has 3 N–H and O–H groups in total. The van der Waals surface area contributed by atoms with E-state index in [1.54, 1.807) is 36.4 Å². The number of benzene rings is 2. The molecule has 1 heterocycles. The average Bonchev–Trinajstić information content (AvgIpc) is 3.24. The van der Waals surface area contributed by atoms with Gasteiger partial charge in [0.2, 0.25) is 0 Å². The van der Waals surface area contributed by atoms with E-state index in [0.29, 0.717) is 11.1 Å². The van der Waals surface area contributed by atoms with Crippen molar-refractivity contribution in [2.75, 3.05) is 13.1 Å². The van der Waals surface area contributed by atoms with Crippen LogP contribution in [0.2, 0.25) is 0 Å². The van der Waals surface area contributed by atoms with Crippen molar-refractivity contribution < 1.29 is 19.2 Å². The van der Waals surface area contributed by atoms with E-state index >= 15 is 0 Å². The fraction of sp³-hybridized carbons (Fsp3) is 0.182. The van der Waals surface area contributed by atoms with Crippen LogP contribution >= 0.6 is 0 Å². The van der Waals surface area contributed by atoms with Crippen molar-refractivity contribution in [3.8, 4) is 0 Å². The SMILES string of the molecule is O=C(C=Cc1ccc(C=C(C(=O)NN2CCCC2)c2ccc(F)cc2)cc1)NO. The average molecular weight is 395 g/mol. The van der Waals surface area contributed by atoms with Crippen molar-refractivity contribution in [2.24, 2.45) is 0 Å². The van der Waals surface area contributed by atoms with Gasteiger partial charge in [0.05, 0.1) is 0 Å². The first-order chi connectivity index (χ1) is 14.0. The zero-order chi connectivity index (χ0) is 20.6. The lowest BCUT2D eigenvalue weighted by molar-refractivity contribution is -0.124. The van der Waals surface area contributed by atoms with Crippen molar-refractivity contribution >= 4 is 29.5 Å². The first-order valence-corrected chi connectivity index (χ1v) is 9.31. The highest BCUT2D eigenvalue weighted by atomic mass is 19.1. The maximum atomic E-state index is 13.3. The predicted octanol–water partition coefficient (Wildman–Crippen LogP) is 3.01. The van der Waals surface area contributed by atoms with Gasteiger partial charge in [0.15, 0.2) is 0 Å². The van der Waals surface area contributed by atoms with Crippen molar-refractivity contribution in [3.05, 3.63) is 77.1 Å². The number of nitrogens with one attached hydrogen (secondary N) is 2. The summed E-state index contributed by atoms with van der Waals surface area (Å²) in [7, 11) is 0. The standard InChI is InChI=1S/C22H22FN3O3/c23-19-10-8-18(9-11-19)20(22(28)24-26-13-1-2-14-26)15-17-5-3-16(4-6-17)7-12-21(27)25-29/h3-12,15,29H,1-2,13-14H2,(H,24,28)(H,25,27). The molecule has 0 saturated carbocycles. The molecular formula is C22H22FN3O3. The molecule has 150 valence electrons. The molecule has 2 amide bonds. The fourth-order valence-corrected chi connectivity index (χ4v) is 3.02. The number of carbonyl (C=O) groups is 2. The van der Waals surface area contributed by atoms with Gasteiger partial charge in [-0.05, 0) is 53.8 Å². The van der Waals surface area contributed by atoms with Gasteiger partial charge >= 0.3 is 0 Å². The van der Waals surface area contributed by atoms with Gasteiger partial charge in [-0.2, -0.15) is 0 Å². The maximum absolute atomic E-state index is 13.3. The number of halogens is 1. The second kappa shape index (κ2) is 9.77. The minimum absolute atomic E-state index is 0.248. The number of hydrogen-bond acceptors (Lipinski definition) is 4. The molecule has 29 heavy (non-hydrogen) atoms. The molecule has 6 nitrogen and oxygen atoms in total. The minimum Gasteiger partial charge on any atom is -0.288 e. The van der Waals surface area contributed by atoms with Crippen molar-refractivity contribution in [1.82, 2.24) is 15.9 Å².